The summed E-state index contributed by atoms with van der Waals surface area (Å²) in [6, 6.07) is 9.72. The number of ether oxygens (including phenoxy) is 1. The first-order valence-electron chi connectivity index (χ1n) is 7.98. The van der Waals surface area contributed by atoms with Gasteiger partial charge >= 0.3 is 0 Å². The van der Waals surface area contributed by atoms with Gasteiger partial charge in [0.2, 0.25) is 0 Å². The molecule has 0 radical (unpaired) electrons. The van der Waals surface area contributed by atoms with Crippen molar-refractivity contribution >= 4 is 5.57 Å². The Kier molecular flexibility index (Phi) is 5.75. The Bertz CT molecular complexity index is 504. The maximum absolute atomic E-state index is 14.6. The Morgan fingerprint density at radius 2 is 1.90 bits per heavy atom. The zero-order valence-corrected chi connectivity index (χ0v) is 13.1. The van der Waals surface area contributed by atoms with Crippen LogP contribution in [0.25, 0.3) is 5.57 Å². The molecule has 2 rings (SSSR count). The van der Waals surface area contributed by atoms with E-state index in [2.05, 4.69) is 13.0 Å². The number of hydrogen-bond donors (Lipinski definition) is 0. The van der Waals surface area contributed by atoms with Crippen molar-refractivity contribution in [3.05, 3.63) is 53.9 Å². The molecule has 0 saturated heterocycles. The number of allylic oxidation sites excluding steroid dienone is 2. The van der Waals surface area contributed by atoms with Crippen LogP contribution in [0.5, 0.6) is 0 Å². The van der Waals surface area contributed by atoms with E-state index in [4.69, 9.17) is 4.74 Å². The van der Waals surface area contributed by atoms with E-state index in [0.717, 1.165) is 18.4 Å². The molecule has 1 unspecified atom stereocenters. The van der Waals surface area contributed by atoms with Crippen molar-refractivity contribution in [3.63, 3.8) is 0 Å². The van der Waals surface area contributed by atoms with E-state index < -0.39 is 5.60 Å². The highest BCUT2D eigenvalue weighted by Gasteiger charge is 2.32. The van der Waals surface area contributed by atoms with Crippen molar-refractivity contribution in [1.82, 2.24) is 0 Å². The van der Waals surface area contributed by atoms with Crippen molar-refractivity contribution in [1.29, 1.82) is 0 Å². The van der Waals surface area contributed by atoms with E-state index in [-0.39, 0.29) is 5.83 Å². The fraction of sp³-hybridized carbons (Fsp3) is 0.474. The summed E-state index contributed by atoms with van der Waals surface area (Å²) in [6.07, 6.45) is 8.62. The minimum Gasteiger partial charge on any atom is -0.371 e. The fourth-order valence-electron chi connectivity index (χ4n) is 2.92. The van der Waals surface area contributed by atoms with E-state index >= 15 is 0 Å². The van der Waals surface area contributed by atoms with Gasteiger partial charge in [0.1, 0.15) is 5.83 Å². The van der Waals surface area contributed by atoms with Crippen LogP contribution < -0.4 is 0 Å². The maximum Gasteiger partial charge on any atom is 0.111 e. The van der Waals surface area contributed by atoms with Gasteiger partial charge in [-0.05, 0) is 18.9 Å². The standard InChI is InChI=1S/C19H25FO/c1-3-5-9-13-19(21-4-2)14-12-17(18(20)15-19)16-10-7-6-8-11-16/h6-8,10-12,14H,3-5,9,13,15H2,1-2H3. The van der Waals surface area contributed by atoms with Gasteiger partial charge in [-0.25, -0.2) is 4.39 Å². The topological polar surface area (TPSA) is 9.23 Å². The lowest BCUT2D eigenvalue weighted by Gasteiger charge is -2.33. The van der Waals surface area contributed by atoms with E-state index in [0.29, 0.717) is 18.6 Å². The third-order valence-electron chi connectivity index (χ3n) is 4.02. The summed E-state index contributed by atoms with van der Waals surface area (Å²) in [5.74, 6) is -0.0614. The van der Waals surface area contributed by atoms with Crippen molar-refractivity contribution in [2.45, 2.75) is 51.6 Å². The van der Waals surface area contributed by atoms with Gasteiger partial charge in [-0.3, -0.25) is 0 Å². The Labute approximate surface area is 127 Å². The third-order valence-corrected chi connectivity index (χ3v) is 4.02. The second-order valence-corrected chi connectivity index (χ2v) is 5.65. The van der Waals surface area contributed by atoms with Crippen LogP contribution in [0.15, 0.2) is 48.3 Å². The molecule has 0 aliphatic heterocycles. The van der Waals surface area contributed by atoms with Gasteiger partial charge in [-0.2, -0.15) is 0 Å². The SMILES string of the molecule is CCCCCC1(OCC)C=CC(c2ccccc2)=C(F)C1. The van der Waals surface area contributed by atoms with Crippen molar-refractivity contribution in [2.24, 2.45) is 0 Å². The summed E-state index contributed by atoms with van der Waals surface area (Å²) in [6.45, 7) is 4.77. The van der Waals surface area contributed by atoms with Crippen LogP contribution in [-0.2, 0) is 4.74 Å². The monoisotopic (exact) mass is 288 g/mol. The molecule has 21 heavy (non-hydrogen) atoms. The normalized spacial score (nSPS) is 21.9. The summed E-state index contributed by atoms with van der Waals surface area (Å²) >= 11 is 0. The maximum atomic E-state index is 14.6. The molecule has 1 atom stereocenters. The first-order chi connectivity index (χ1) is 10.2. The first-order valence-corrected chi connectivity index (χ1v) is 7.98. The van der Waals surface area contributed by atoms with Crippen LogP contribution in [-0.4, -0.2) is 12.2 Å². The lowest BCUT2D eigenvalue weighted by atomic mass is 9.84. The van der Waals surface area contributed by atoms with Crippen LogP contribution in [0.1, 0.15) is 51.5 Å². The largest absolute Gasteiger partial charge is 0.371 e. The third kappa shape index (κ3) is 4.04. The van der Waals surface area contributed by atoms with Crippen LogP contribution in [0.3, 0.4) is 0 Å². The Hall–Kier alpha value is -1.41. The predicted molar refractivity (Wildman–Crippen MR) is 86.7 cm³/mol. The minimum atomic E-state index is -0.452. The Balaban J connectivity index is 2.16. The molecule has 2 heteroatoms. The predicted octanol–water partition coefficient (Wildman–Crippen LogP) is 5.68. The highest BCUT2D eigenvalue weighted by Crippen LogP contribution is 2.38. The van der Waals surface area contributed by atoms with E-state index in [1.807, 2.05) is 43.3 Å². The minimum absolute atomic E-state index is 0.0614. The fourth-order valence-corrected chi connectivity index (χ4v) is 2.92. The average Bonchev–Trinajstić information content (AvgIpc) is 2.49. The quantitative estimate of drug-likeness (QED) is 0.586. The smallest absolute Gasteiger partial charge is 0.111 e. The number of rotatable bonds is 7. The number of unbranched alkanes of at least 4 members (excludes halogenated alkanes) is 2. The summed E-state index contributed by atoms with van der Waals surface area (Å²) < 4.78 is 20.5. The van der Waals surface area contributed by atoms with Gasteiger partial charge in [0.05, 0.1) is 5.60 Å². The summed E-state index contributed by atoms with van der Waals surface area (Å²) in [4.78, 5) is 0. The van der Waals surface area contributed by atoms with Crippen molar-refractivity contribution in [3.8, 4) is 0 Å². The molecule has 0 fully saturated rings. The Morgan fingerprint density at radius 1 is 1.14 bits per heavy atom. The molecule has 114 valence electrons. The van der Waals surface area contributed by atoms with Crippen LogP contribution >= 0.6 is 0 Å². The van der Waals surface area contributed by atoms with Crippen molar-refractivity contribution < 1.29 is 9.13 Å². The molecular formula is C19H25FO. The van der Waals surface area contributed by atoms with E-state index in [1.165, 1.54) is 12.8 Å². The van der Waals surface area contributed by atoms with Crippen molar-refractivity contribution in [2.75, 3.05) is 6.61 Å². The van der Waals surface area contributed by atoms with E-state index in [9.17, 15) is 4.39 Å². The van der Waals surface area contributed by atoms with Gasteiger partial charge in [0.25, 0.3) is 0 Å². The summed E-state index contributed by atoms with van der Waals surface area (Å²) in [5, 5.41) is 0. The molecule has 0 spiro atoms. The molecule has 0 bridgehead atoms. The van der Waals surface area contributed by atoms with Gasteiger partial charge in [-0.15, -0.1) is 0 Å². The summed E-state index contributed by atoms with van der Waals surface area (Å²) in [7, 11) is 0. The molecule has 0 N–H and O–H groups in total. The summed E-state index contributed by atoms with van der Waals surface area (Å²) in [5.41, 5.74) is 1.18. The van der Waals surface area contributed by atoms with Gasteiger partial charge in [-0.1, -0.05) is 68.7 Å². The lowest BCUT2D eigenvalue weighted by molar-refractivity contribution is -0.0126. The molecule has 0 saturated carbocycles. The van der Waals surface area contributed by atoms with Crippen LogP contribution in [0.4, 0.5) is 4.39 Å². The molecule has 1 aromatic carbocycles. The van der Waals surface area contributed by atoms with Crippen LogP contribution in [0.2, 0.25) is 0 Å². The number of hydrogen-bond acceptors (Lipinski definition) is 1. The van der Waals surface area contributed by atoms with Gasteiger partial charge in [0, 0.05) is 18.6 Å². The first kappa shape index (κ1) is 16.0. The Morgan fingerprint density at radius 3 is 2.52 bits per heavy atom. The average molecular weight is 288 g/mol. The lowest BCUT2D eigenvalue weighted by Crippen LogP contribution is -2.32. The van der Waals surface area contributed by atoms with Gasteiger partial charge < -0.3 is 4.74 Å². The highest BCUT2D eigenvalue weighted by atomic mass is 19.1. The molecule has 1 aromatic rings. The highest BCUT2D eigenvalue weighted by molar-refractivity contribution is 5.77. The molecule has 0 heterocycles. The number of halogens is 1. The zero-order chi connectivity index (χ0) is 15.1. The molecule has 1 aliphatic rings. The molecule has 1 nitrogen and oxygen atoms in total. The number of benzene rings is 1. The second kappa shape index (κ2) is 7.56. The molecule has 0 aromatic heterocycles. The zero-order valence-electron chi connectivity index (χ0n) is 13.1. The molecular weight excluding hydrogens is 263 g/mol. The van der Waals surface area contributed by atoms with Crippen LogP contribution in [0, 0.1) is 0 Å². The van der Waals surface area contributed by atoms with E-state index in [1.54, 1.807) is 0 Å². The molecule has 1 aliphatic carbocycles. The second-order valence-electron chi connectivity index (χ2n) is 5.65. The van der Waals surface area contributed by atoms with Gasteiger partial charge in [0.15, 0.2) is 0 Å². The molecule has 0 amide bonds.